The van der Waals surface area contributed by atoms with Gasteiger partial charge in [0.1, 0.15) is 11.6 Å². The van der Waals surface area contributed by atoms with Gasteiger partial charge < -0.3 is 14.2 Å². The zero-order valence-corrected chi connectivity index (χ0v) is 20.9. The van der Waals surface area contributed by atoms with E-state index in [1.165, 1.54) is 12.8 Å². The van der Waals surface area contributed by atoms with Crippen molar-refractivity contribution in [2.75, 3.05) is 25.1 Å². The molecule has 0 aliphatic carbocycles. The first-order chi connectivity index (χ1) is 17.5. The Hall–Kier alpha value is -4.13. The van der Waals surface area contributed by atoms with Crippen LogP contribution < -0.4 is 15.2 Å². The van der Waals surface area contributed by atoms with Gasteiger partial charge in [0, 0.05) is 43.8 Å². The van der Waals surface area contributed by atoms with E-state index in [1.807, 2.05) is 50.4 Å². The lowest BCUT2D eigenvalue weighted by Crippen LogP contribution is -2.22. The van der Waals surface area contributed by atoms with E-state index in [9.17, 15) is 4.79 Å². The van der Waals surface area contributed by atoms with Crippen LogP contribution in [0.5, 0.6) is 5.75 Å². The number of aromatic nitrogens is 4. The molecule has 0 atom stereocenters. The van der Waals surface area contributed by atoms with Gasteiger partial charge in [-0.2, -0.15) is 0 Å². The van der Waals surface area contributed by atoms with Crippen molar-refractivity contribution in [1.29, 1.82) is 0 Å². The summed E-state index contributed by atoms with van der Waals surface area (Å²) in [6, 6.07) is 18.3. The number of aryl methyl sites for hydroxylation is 2. The predicted octanol–water partition coefficient (Wildman–Crippen LogP) is 4.78. The van der Waals surface area contributed by atoms with Crippen LogP contribution >= 0.6 is 0 Å². The number of ether oxygens (including phenoxy) is 1. The molecular weight excluding hydrogens is 450 g/mol. The molecular formula is C29H29N5O2. The van der Waals surface area contributed by atoms with Crippen molar-refractivity contribution in [3.63, 3.8) is 0 Å². The lowest BCUT2D eigenvalue weighted by Gasteiger charge is -2.20. The Morgan fingerprint density at radius 2 is 1.81 bits per heavy atom. The summed E-state index contributed by atoms with van der Waals surface area (Å²) in [5.74, 6) is 1.66. The van der Waals surface area contributed by atoms with Crippen LogP contribution in [0.1, 0.15) is 29.9 Å². The molecule has 0 bridgehead atoms. The van der Waals surface area contributed by atoms with Crippen LogP contribution in [0.4, 0.5) is 5.69 Å². The molecule has 182 valence electrons. The highest BCUT2D eigenvalue weighted by Crippen LogP contribution is 2.31. The van der Waals surface area contributed by atoms with Crippen LogP contribution in [-0.2, 0) is 13.5 Å². The fraction of sp³-hybridized carbons (Fsp3) is 0.276. The molecule has 4 heterocycles. The fourth-order valence-corrected chi connectivity index (χ4v) is 5.33. The van der Waals surface area contributed by atoms with Crippen LogP contribution in [-0.4, -0.2) is 39.3 Å². The first kappa shape index (κ1) is 22.3. The molecule has 7 heteroatoms. The van der Waals surface area contributed by atoms with E-state index in [1.54, 1.807) is 17.9 Å². The second-order valence-corrected chi connectivity index (χ2v) is 9.45. The molecule has 0 unspecified atom stereocenters. The van der Waals surface area contributed by atoms with E-state index >= 15 is 0 Å². The monoisotopic (exact) mass is 479 g/mol. The van der Waals surface area contributed by atoms with Gasteiger partial charge >= 0.3 is 0 Å². The number of methoxy groups -OCH3 is 1. The van der Waals surface area contributed by atoms with Crippen molar-refractivity contribution in [2.45, 2.75) is 26.2 Å². The van der Waals surface area contributed by atoms with Gasteiger partial charge in [-0.15, -0.1) is 0 Å². The largest absolute Gasteiger partial charge is 0.497 e. The smallest absolute Gasteiger partial charge is 0.283 e. The first-order valence-corrected chi connectivity index (χ1v) is 12.4. The average molecular weight is 480 g/mol. The Morgan fingerprint density at radius 3 is 2.53 bits per heavy atom. The Labute approximate surface area is 209 Å². The van der Waals surface area contributed by atoms with Crippen LogP contribution in [0.25, 0.3) is 27.6 Å². The van der Waals surface area contributed by atoms with Crippen LogP contribution in [0.2, 0.25) is 0 Å². The zero-order valence-electron chi connectivity index (χ0n) is 20.9. The highest BCUT2D eigenvalue weighted by atomic mass is 16.5. The average Bonchev–Trinajstić information content (AvgIpc) is 3.55. The summed E-state index contributed by atoms with van der Waals surface area (Å²) in [6.07, 6.45) is 4.77. The lowest BCUT2D eigenvalue weighted by atomic mass is 10.1. The SMILES string of the molecule is COc1ccc(Cc2nc3c(=O)n(-c4cccnc4C)c4cc(N5CCCC5)ccc4c3n2C)cc1. The molecule has 1 aliphatic heterocycles. The maximum atomic E-state index is 14.1. The molecule has 0 N–H and O–H groups in total. The summed E-state index contributed by atoms with van der Waals surface area (Å²) in [7, 11) is 3.66. The Bertz CT molecular complexity index is 1640. The summed E-state index contributed by atoms with van der Waals surface area (Å²) < 4.78 is 9.16. The Kier molecular flexibility index (Phi) is 5.48. The lowest BCUT2D eigenvalue weighted by molar-refractivity contribution is 0.414. The summed E-state index contributed by atoms with van der Waals surface area (Å²) in [5.41, 5.74) is 5.95. The molecule has 36 heavy (non-hydrogen) atoms. The standard InChI is InChI=1S/C29H29N5O2/c1-19-24(7-6-14-30-19)34-25-18-21(33-15-4-5-16-33)10-13-23(25)28-27(29(34)35)31-26(32(28)2)17-20-8-11-22(36-3)12-9-20/h6-14,18H,4-5,15-17H2,1-3H3. The van der Waals surface area contributed by atoms with Crippen molar-refractivity contribution in [1.82, 2.24) is 19.1 Å². The summed E-state index contributed by atoms with van der Waals surface area (Å²) in [5, 5.41) is 1.01. The molecule has 7 nitrogen and oxygen atoms in total. The van der Waals surface area contributed by atoms with E-state index in [-0.39, 0.29) is 5.56 Å². The molecule has 2 aromatic carbocycles. The second-order valence-electron chi connectivity index (χ2n) is 9.45. The third-order valence-corrected chi connectivity index (χ3v) is 7.28. The molecule has 1 aliphatic rings. The molecule has 5 aromatic rings. The number of rotatable bonds is 5. The number of fused-ring (bicyclic) bond motifs is 3. The molecule has 0 radical (unpaired) electrons. The van der Waals surface area contributed by atoms with Gasteiger partial charge in [0.05, 0.1) is 29.5 Å². The summed E-state index contributed by atoms with van der Waals surface area (Å²) in [4.78, 5) is 25.8. The molecule has 6 rings (SSSR count). The van der Waals surface area contributed by atoms with Gasteiger partial charge in [-0.05, 0) is 67.8 Å². The molecule has 1 saturated heterocycles. The molecule has 1 fully saturated rings. The molecule has 0 saturated carbocycles. The predicted molar refractivity (Wildman–Crippen MR) is 144 cm³/mol. The van der Waals surface area contributed by atoms with Gasteiger partial charge in [-0.25, -0.2) is 4.98 Å². The number of hydrogen-bond acceptors (Lipinski definition) is 5. The van der Waals surface area contributed by atoms with Gasteiger partial charge in [-0.1, -0.05) is 12.1 Å². The number of nitrogens with zero attached hydrogens (tertiary/aromatic N) is 5. The van der Waals surface area contributed by atoms with Crippen LogP contribution in [0, 0.1) is 6.92 Å². The number of benzene rings is 2. The van der Waals surface area contributed by atoms with Crippen molar-refractivity contribution in [2.24, 2.45) is 7.05 Å². The quantitative estimate of drug-likeness (QED) is 0.363. The number of hydrogen-bond donors (Lipinski definition) is 0. The van der Waals surface area contributed by atoms with Crippen molar-refractivity contribution >= 4 is 27.6 Å². The molecule has 0 amide bonds. The minimum atomic E-state index is -0.122. The first-order valence-electron chi connectivity index (χ1n) is 12.4. The maximum Gasteiger partial charge on any atom is 0.283 e. The summed E-state index contributed by atoms with van der Waals surface area (Å²) >= 11 is 0. The Balaban J connectivity index is 1.60. The van der Waals surface area contributed by atoms with Gasteiger partial charge in [-0.3, -0.25) is 14.3 Å². The molecule has 0 spiro atoms. The minimum absolute atomic E-state index is 0.122. The minimum Gasteiger partial charge on any atom is -0.497 e. The van der Waals surface area contributed by atoms with E-state index in [0.717, 1.165) is 63.7 Å². The van der Waals surface area contributed by atoms with Crippen molar-refractivity contribution in [3.05, 3.63) is 88.2 Å². The number of imidazole rings is 1. The van der Waals surface area contributed by atoms with Gasteiger partial charge in [0.2, 0.25) is 0 Å². The van der Waals surface area contributed by atoms with E-state index in [4.69, 9.17) is 9.72 Å². The Morgan fingerprint density at radius 1 is 1.03 bits per heavy atom. The second kappa shape index (κ2) is 8.82. The van der Waals surface area contributed by atoms with E-state index in [0.29, 0.717) is 11.9 Å². The van der Waals surface area contributed by atoms with Gasteiger partial charge in [0.15, 0.2) is 5.52 Å². The molecule has 3 aromatic heterocycles. The number of anilines is 1. The fourth-order valence-electron chi connectivity index (χ4n) is 5.33. The van der Waals surface area contributed by atoms with E-state index < -0.39 is 0 Å². The maximum absolute atomic E-state index is 14.1. The van der Waals surface area contributed by atoms with Gasteiger partial charge in [0.25, 0.3) is 5.56 Å². The summed E-state index contributed by atoms with van der Waals surface area (Å²) in [6.45, 7) is 4.03. The number of pyridine rings is 2. The third kappa shape index (κ3) is 3.63. The highest BCUT2D eigenvalue weighted by molar-refractivity contribution is 6.04. The van der Waals surface area contributed by atoms with Crippen LogP contribution in [0.15, 0.2) is 65.6 Å². The topological polar surface area (TPSA) is 65.2 Å². The van der Waals surface area contributed by atoms with Crippen molar-refractivity contribution in [3.8, 4) is 11.4 Å². The zero-order chi connectivity index (χ0) is 24.8. The third-order valence-electron chi connectivity index (χ3n) is 7.28. The normalized spacial score (nSPS) is 13.7. The van der Waals surface area contributed by atoms with Crippen LogP contribution in [0.3, 0.4) is 0 Å². The van der Waals surface area contributed by atoms with E-state index in [2.05, 4.69) is 32.7 Å². The highest BCUT2D eigenvalue weighted by Gasteiger charge is 2.21. The van der Waals surface area contributed by atoms with Crippen molar-refractivity contribution < 1.29 is 4.74 Å².